The molecule has 1 saturated heterocycles. The van der Waals surface area contributed by atoms with Gasteiger partial charge in [-0.15, -0.1) is 0 Å². The smallest absolute Gasteiger partial charge is 0.254 e. The number of hydrogen-bond acceptors (Lipinski definition) is 4. The second-order valence-electron chi connectivity index (χ2n) is 6.12. The average molecular weight is 353 g/mol. The maximum Gasteiger partial charge on any atom is 0.254 e. The SMILES string of the molecule is CCN(CC)S(=O)(=O)c1cc(C(=O)N2CCNCC2C)ccc1C. The van der Waals surface area contributed by atoms with Gasteiger partial charge in [0.2, 0.25) is 10.0 Å². The minimum absolute atomic E-state index is 0.0930. The molecule has 7 heteroatoms. The van der Waals surface area contributed by atoms with E-state index in [1.54, 1.807) is 24.0 Å². The van der Waals surface area contributed by atoms with E-state index in [1.807, 2.05) is 20.8 Å². The number of carbonyl (C=O) groups excluding carboxylic acids is 1. The summed E-state index contributed by atoms with van der Waals surface area (Å²) in [6, 6.07) is 5.06. The number of piperazine rings is 1. The Bertz CT molecular complexity index is 699. The Hall–Kier alpha value is -1.44. The summed E-state index contributed by atoms with van der Waals surface area (Å²) >= 11 is 0. The van der Waals surface area contributed by atoms with E-state index in [-0.39, 0.29) is 16.8 Å². The van der Waals surface area contributed by atoms with Crippen LogP contribution in [0.5, 0.6) is 0 Å². The van der Waals surface area contributed by atoms with Crippen LogP contribution in [0.25, 0.3) is 0 Å². The molecule has 1 fully saturated rings. The molecule has 0 aliphatic carbocycles. The number of carbonyl (C=O) groups is 1. The summed E-state index contributed by atoms with van der Waals surface area (Å²) in [5, 5.41) is 3.25. The molecule has 0 aromatic heterocycles. The van der Waals surface area contributed by atoms with Crippen molar-refractivity contribution in [2.45, 2.75) is 38.6 Å². The van der Waals surface area contributed by atoms with Gasteiger partial charge in [0.15, 0.2) is 0 Å². The fraction of sp³-hybridized carbons (Fsp3) is 0.588. The quantitative estimate of drug-likeness (QED) is 0.870. The van der Waals surface area contributed by atoms with Crippen molar-refractivity contribution in [3.05, 3.63) is 29.3 Å². The molecule has 1 amide bonds. The standard InChI is InChI=1S/C17H27N3O3S/c1-5-19(6-2)24(22,23)16-11-15(8-7-13(16)3)17(21)20-10-9-18-12-14(20)4/h7-8,11,14,18H,5-6,9-10,12H2,1-4H3. The van der Waals surface area contributed by atoms with E-state index in [0.717, 1.165) is 13.1 Å². The van der Waals surface area contributed by atoms with Gasteiger partial charge < -0.3 is 10.2 Å². The highest BCUT2D eigenvalue weighted by Gasteiger charge is 2.28. The predicted molar refractivity (Wildman–Crippen MR) is 94.7 cm³/mol. The third-order valence-electron chi connectivity index (χ3n) is 4.52. The van der Waals surface area contributed by atoms with Crippen molar-refractivity contribution < 1.29 is 13.2 Å². The third kappa shape index (κ3) is 3.63. The summed E-state index contributed by atoms with van der Waals surface area (Å²) in [6.07, 6.45) is 0. The zero-order valence-electron chi connectivity index (χ0n) is 14.9. The monoisotopic (exact) mass is 353 g/mol. The van der Waals surface area contributed by atoms with Crippen LogP contribution in [0.2, 0.25) is 0 Å². The highest BCUT2D eigenvalue weighted by molar-refractivity contribution is 7.89. The summed E-state index contributed by atoms with van der Waals surface area (Å²) in [5.41, 5.74) is 1.09. The summed E-state index contributed by atoms with van der Waals surface area (Å²) in [5.74, 6) is -0.111. The fourth-order valence-electron chi connectivity index (χ4n) is 3.02. The van der Waals surface area contributed by atoms with Gasteiger partial charge in [0.1, 0.15) is 0 Å². The first-order valence-electron chi connectivity index (χ1n) is 8.45. The molecule has 1 aliphatic rings. The van der Waals surface area contributed by atoms with Crippen molar-refractivity contribution in [2.75, 3.05) is 32.7 Å². The van der Waals surface area contributed by atoms with Gasteiger partial charge in [-0.05, 0) is 31.5 Å². The van der Waals surface area contributed by atoms with Gasteiger partial charge in [-0.1, -0.05) is 19.9 Å². The van der Waals surface area contributed by atoms with Gasteiger partial charge in [0, 0.05) is 44.3 Å². The average Bonchev–Trinajstić information content (AvgIpc) is 2.56. The Kier molecular flexibility index (Phi) is 6.01. The topological polar surface area (TPSA) is 69.7 Å². The Balaban J connectivity index is 2.40. The normalized spacial score (nSPS) is 18.9. The van der Waals surface area contributed by atoms with E-state index in [1.165, 1.54) is 10.4 Å². The molecule has 6 nitrogen and oxygen atoms in total. The third-order valence-corrected chi connectivity index (χ3v) is 6.71. The first-order chi connectivity index (χ1) is 11.3. The number of rotatable bonds is 5. The van der Waals surface area contributed by atoms with Gasteiger partial charge >= 0.3 is 0 Å². The fourth-order valence-corrected chi connectivity index (χ4v) is 4.73. The number of aryl methyl sites for hydroxylation is 1. The summed E-state index contributed by atoms with van der Waals surface area (Å²) in [6.45, 7) is 10.3. The van der Waals surface area contributed by atoms with Crippen molar-refractivity contribution in [2.24, 2.45) is 0 Å². The molecule has 134 valence electrons. The molecule has 1 heterocycles. The van der Waals surface area contributed by atoms with Crippen LogP contribution in [-0.4, -0.2) is 62.3 Å². The minimum atomic E-state index is -3.58. The molecule has 2 rings (SSSR count). The van der Waals surface area contributed by atoms with Crippen LogP contribution in [0.15, 0.2) is 23.1 Å². The number of sulfonamides is 1. The number of hydrogen-bond donors (Lipinski definition) is 1. The molecule has 0 saturated carbocycles. The first-order valence-corrected chi connectivity index (χ1v) is 9.89. The number of nitrogens with one attached hydrogen (secondary N) is 1. The van der Waals surface area contributed by atoms with Gasteiger partial charge in [0.05, 0.1) is 4.90 Å². The van der Waals surface area contributed by atoms with Crippen molar-refractivity contribution in [3.8, 4) is 0 Å². The summed E-state index contributed by atoms with van der Waals surface area (Å²) in [7, 11) is -3.58. The Morgan fingerprint density at radius 1 is 1.33 bits per heavy atom. The lowest BCUT2D eigenvalue weighted by atomic mass is 10.1. The van der Waals surface area contributed by atoms with Crippen LogP contribution in [0.1, 0.15) is 36.7 Å². The van der Waals surface area contributed by atoms with Crippen molar-refractivity contribution in [1.82, 2.24) is 14.5 Å². The first kappa shape index (κ1) is 18.9. The molecule has 1 atom stereocenters. The van der Waals surface area contributed by atoms with Gasteiger partial charge in [-0.3, -0.25) is 4.79 Å². The maximum absolute atomic E-state index is 12.8. The highest BCUT2D eigenvalue weighted by atomic mass is 32.2. The zero-order valence-corrected chi connectivity index (χ0v) is 15.7. The molecule has 1 aromatic carbocycles. The van der Waals surface area contributed by atoms with Crippen molar-refractivity contribution in [1.29, 1.82) is 0 Å². The largest absolute Gasteiger partial charge is 0.333 e. The molecular formula is C17H27N3O3S. The number of benzene rings is 1. The number of nitrogens with zero attached hydrogens (tertiary/aromatic N) is 2. The molecule has 1 N–H and O–H groups in total. The van der Waals surface area contributed by atoms with Crippen LogP contribution in [-0.2, 0) is 10.0 Å². The van der Waals surface area contributed by atoms with Crippen LogP contribution in [0.4, 0.5) is 0 Å². The van der Waals surface area contributed by atoms with Crippen molar-refractivity contribution >= 4 is 15.9 Å². The lowest BCUT2D eigenvalue weighted by molar-refractivity contribution is 0.0655. The van der Waals surface area contributed by atoms with Crippen LogP contribution in [0, 0.1) is 6.92 Å². The Morgan fingerprint density at radius 3 is 2.58 bits per heavy atom. The lowest BCUT2D eigenvalue weighted by Crippen LogP contribution is -2.52. The molecule has 0 spiro atoms. The Morgan fingerprint density at radius 2 is 2.00 bits per heavy atom. The van der Waals surface area contributed by atoms with Crippen LogP contribution < -0.4 is 5.32 Å². The van der Waals surface area contributed by atoms with E-state index in [2.05, 4.69) is 5.32 Å². The zero-order chi connectivity index (χ0) is 17.9. The molecular weight excluding hydrogens is 326 g/mol. The predicted octanol–water partition coefficient (Wildman–Crippen LogP) is 1.46. The molecule has 1 aromatic rings. The molecule has 0 radical (unpaired) electrons. The molecule has 1 aliphatic heterocycles. The maximum atomic E-state index is 12.8. The minimum Gasteiger partial charge on any atom is -0.333 e. The summed E-state index contributed by atoms with van der Waals surface area (Å²) in [4.78, 5) is 14.8. The van der Waals surface area contributed by atoms with Crippen LogP contribution >= 0.6 is 0 Å². The van der Waals surface area contributed by atoms with E-state index in [0.29, 0.717) is 30.8 Å². The number of amides is 1. The van der Waals surface area contributed by atoms with E-state index in [4.69, 9.17) is 0 Å². The van der Waals surface area contributed by atoms with E-state index in [9.17, 15) is 13.2 Å². The van der Waals surface area contributed by atoms with E-state index < -0.39 is 10.0 Å². The van der Waals surface area contributed by atoms with Gasteiger partial charge in [0.25, 0.3) is 5.91 Å². The summed E-state index contributed by atoms with van der Waals surface area (Å²) < 4.78 is 27.1. The second-order valence-corrected chi connectivity index (χ2v) is 8.03. The second kappa shape index (κ2) is 7.63. The Labute approximate surface area is 144 Å². The molecule has 24 heavy (non-hydrogen) atoms. The van der Waals surface area contributed by atoms with Gasteiger partial charge in [-0.25, -0.2) is 8.42 Å². The highest BCUT2D eigenvalue weighted by Crippen LogP contribution is 2.22. The van der Waals surface area contributed by atoms with Crippen LogP contribution in [0.3, 0.4) is 0 Å². The van der Waals surface area contributed by atoms with Crippen molar-refractivity contribution in [3.63, 3.8) is 0 Å². The molecule has 1 unspecified atom stereocenters. The van der Waals surface area contributed by atoms with E-state index >= 15 is 0 Å². The lowest BCUT2D eigenvalue weighted by Gasteiger charge is -2.34. The molecule has 0 bridgehead atoms. The van der Waals surface area contributed by atoms with Gasteiger partial charge in [-0.2, -0.15) is 4.31 Å².